The van der Waals surface area contributed by atoms with Gasteiger partial charge in [0, 0.05) is 6.42 Å². The third-order valence-electron chi connectivity index (χ3n) is 5.18. The Hall–Kier alpha value is -3.63. The van der Waals surface area contributed by atoms with Crippen LogP contribution in [-0.2, 0) is 17.6 Å². The van der Waals surface area contributed by atoms with Crippen molar-refractivity contribution in [2.75, 3.05) is 0 Å². The van der Waals surface area contributed by atoms with E-state index in [1.54, 1.807) is 36.4 Å². The maximum absolute atomic E-state index is 13.9. The van der Waals surface area contributed by atoms with Crippen molar-refractivity contribution in [2.45, 2.75) is 37.1 Å². The Morgan fingerprint density at radius 3 is 1.79 bits per heavy atom. The summed E-state index contributed by atoms with van der Waals surface area (Å²) < 4.78 is 41.8. The van der Waals surface area contributed by atoms with E-state index in [0.29, 0.717) is 5.56 Å². The number of carbonyl (C=O) groups is 1. The number of nitriles is 1. The Morgan fingerprint density at radius 2 is 1.30 bits per heavy atom. The summed E-state index contributed by atoms with van der Waals surface area (Å²) in [5, 5.41) is 14.7. The number of hydrogen-bond acceptors (Lipinski definition) is 3. The Morgan fingerprint density at radius 1 is 0.818 bits per heavy atom. The molecule has 170 valence electrons. The predicted molar refractivity (Wildman–Crippen MR) is 120 cm³/mol. The van der Waals surface area contributed by atoms with Crippen LogP contribution in [0, 0.1) is 11.3 Å². The van der Waals surface area contributed by atoms with Gasteiger partial charge in [-0.05, 0) is 23.1 Å². The van der Waals surface area contributed by atoms with Gasteiger partial charge in [0.05, 0.1) is 12.1 Å². The van der Waals surface area contributed by atoms with Gasteiger partial charge in [-0.3, -0.25) is 10.1 Å². The summed E-state index contributed by atoms with van der Waals surface area (Å²) in [5.41, 5.74) is 1.56. The van der Waals surface area contributed by atoms with Crippen molar-refractivity contribution < 1.29 is 18.0 Å². The summed E-state index contributed by atoms with van der Waals surface area (Å²) >= 11 is 0. The van der Waals surface area contributed by atoms with Crippen molar-refractivity contribution in [2.24, 2.45) is 0 Å². The number of halogens is 3. The molecule has 0 aliphatic carbocycles. The molecule has 0 aliphatic rings. The van der Waals surface area contributed by atoms with Gasteiger partial charge in [0.2, 0.25) is 5.91 Å². The van der Waals surface area contributed by atoms with E-state index in [-0.39, 0.29) is 18.4 Å². The first-order chi connectivity index (χ1) is 15.9. The SMILES string of the molecule is N#C[C@@H](Cc1ccccc1)NC(=O)[C@H](Cc1ccccc1)N[C@@H](c1ccccc1)C(F)(F)F. The predicted octanol–water partition coefficient (Wildman–Crippen LogP) is 4.74. The molecule has 0 aliphatic heterocycles. The summed E-state index contributed by atoms with van der Waals surface area (Å²) in [5.74, 6) is -0.661. The number of amides is 1. The molecule has 33 heavy (non-hydrogen) atoms. The summed E-state index contributed by atoms with van der Waals surface area (Å²) in [4.78, 5) is 13.1. The van der Waals surface area contributed by atoms with E-state index < -0.39 is 30.2 Å². The molecule has 0 unspecified atom stereocenters. The second-order valence-corrected chi connectivity index (χ2v) is 7.67. The zero-order valence-corrected chi connectivity index (χ0v) is 17.8. The zero-order valence-electron chi connectivity index (χ0n) is 17.8. The van der Waals surface area contributed by atoms with E-state index in [1.165, 1.54) is 24.3 Å². The molecule has 3 atom stereocenters. The molecule has 0 bridgehead atoms. The van der Waals surface area contributed by atoms with Crippen LogP contribution in [0.3, 0.4) is 0 Å². The first kappa shape index (κ1) is 24.0. The van der Waals surface area contributed by atoms with Crippen LogP contribution in [0.25, 0.3) is 0 Å². The van der Waals surface area contributed by atoms with Gasteiger partial charge >= 0.3 is 6.18 Å². The van der Waals surface area contributed by atoms with Crippen molar-refractivity contribution in [3.05, 3.63) is 108 Å². The first-order valence-electron chi connectivity index (χ1n) is 10.5. The van der Waals surface area contributed by atoms with Crippen molar-refractivity contribution in [3.63, 3.8) is 0 Å². The fourth-order valence-corrected chi connectivity index (χ4v) is 3.55. The Bertz CT molecular complexity index is 1050. The normalized spacial score (nSPS) is 14.0. The Balaban J connectivity index is 1.83. The lowest BCUT2D eigenvalue weighted by molar-refractivity contribution is -0.160. The Labute approximate surface area is 191 Å². The highest BCUT2D eigenvalue weighted by molar-refractivity contribution is 5.82. The molecule has 1 amide bonds. The van der Waals surface area contributed by atoms with Gasteiger partial charge < -0.3 is 5.32 Å². The van der Waals surface area contributed by atoms with Crippen molar-refractivity contribution in [3.8, 4) is 6.07 Å². The molecule has 0 saturated carbocycles. The van der Waals surface area contributed by atoms with E-state index in [1.807, 2.05) is 36.4 Å². The second-order valence-electron chi connectivity index (χ2n) is 7.67. The average molecular weight is 451 g/mol. The largest absolute Gasteiger partial charge is 0.407 e. The monoisotopic (exact) mass is 451 g/mol. The summed E-state index contributed by atoms with van der Waals surface area (Å²) in [6.45, 7) is 0. The van der Waals surface area contributed by atoms with Crippen LogP contribution in [0.15, 0.2) is 91.0 Å². The van der Waals surface area contributed by atoms with Gasteiger partial charge in [0.25, 0.3) is 0 Å². The lowest BCUT2D eigenvalue weighted by Crippen LogP contribution is -2.52. The van der Waals surface area contributed by atoms with Crippen molar-refractivity contribution in [1.29, 1.82) is 5.26 Å². The lowest BCUT2D eigenvalue weighted by Gasteiger charge is -2.28. The van der Waals surface area contributed by atoms with Gasteiger partial charge in [-0.2, -0.15) is 18.4 Å². The fraction of sp³-hybridized carbons (Fsp3) is 0.231. The Kier molecular flexibility index (Phi) is 8.22. The number of hydrogen-bond donors (Lipinski definition) is 2. The van der Waals surface area contributed by atoms with Crippen LogP contribution in [0.4, 0.5) is 13.2 Å². The molecule has 2 N–H and O–H groups in total. The number of benzene rings is 3. The number of nitrogens with one attached hydrogen (secondary N) is 2. The number of nitrogens with zero attached hydrogens (tertiary/aromatic N) is 1. The first-order valence-corrected chi connectivity index (χ1v) is 10.5. The third kappa shape index (κ3) is 7.19. The van der Waals surface area contributed by atoms with Gasteiger partial charge in [0.15, 0.2) is 0 Å². The maximum atomic E-state index is 13.9. The standard InChI is InChI=1S/C26H24F3N3O/c27-26(28,29)24(21-14-8-3-9-15-21)32-23(17-20-12-6-2-7-13-20)25(33)31-22(18-30)16-19-10-4-1-5-11-19/h1-15,22-24,32H,16-17H2,(H,31,33)/t22-,23+,24+/m1/s1. The number of carbonyl (C=O) groups excluding carboxylic acids is 1. The van der Waals surface area contributed by atoms with Gasteiger partial charge in [-0.25, -0.2) is 0 Å². The molecule has 3 aromatic rings. The van der Waals surface area contributed by atoms with Crippen LogP contribution >= 0.6 is 0 Å². The van der Waals surface area contributed by atoms with Crippen LogP contribution in [0.2, 0.25) is 0 Å². The van der Waals surface area contributed by atoms with Crippen LogP contribution < -0.4 is 10.6 Å². The van der Waals surface area contributed by atoms with Gasteiger partial charge in [-0.1, -0.05) is 91.0 Å². The molecule has 0 spiro atoms. The van der Waals surface area contributed by atoms with Crippen LogP contribution in [0.1, 0.15) is 22.7 Å². The highest BCUT2D eigenvalue weighted by Gasteiger charge is 2.42. The minimum atomic E-state index is -4.62. The highest BCUT2D eigenvalue weighted by Crippen LogP contribution is 2.33. The second kappa shape index (κ2) is 11.3. The van der Waals surface area contributed by atoms with Crippen LogP contribution in [-0.4, -0.2) is 24.2 Å². The van der Waals surface area contributed by atoms with E-state index in [0.717, 1.165) is 5.56 Å². The van der Waals surface area contributed by atoms with E-state index >= 15 is 0 Å². The van der Waals surface area contributed by atoms with Crippen molar-refractivity contribution in [1.82, 2.24) is 10.6 Å². The minimum absolute atomic E-state index is 0.0111. The van der Waals surface area contributed by atoms with E-state index in [9.17, 15) is 23.2 Å². The molecular formula is C26H24F3N3O. The zero-order chi connectivity index (χ0) is 23.7. The summed E-state index contributed by atoms with van der Waals surface area (Å²) in [6.07, 6.45) is -4.33. The molecule has 0 saturated heterocycles. The fourth-order valence-electron chi connectivity index (χ4n) is 3.55. The number of alkyl halides is 3. The van der Waals surface area contributed by atoms with Gasteiger partial charge in [0.1, 0.15) is 12.1 Å². The maximum Gasteiger partial charge on any atom is 0.407 e. The van der Waals surface area contributed by atoms with Gasteiger partial charge in [-0.15, -0.1) is 0 Å². The molecule has 3 rings (SSSR count). The molecule has 0 fully saturated rings. The molecular weight excluding hydrogens is 427 g/mol. The molecule has 4 nitrogen and oxygen atoms in total. The smallest absolute Gasteiger partial charge is 0.339 e. The minimum Gasteiger partial charge on any atom is -0.339 e. The van der Waals surface area contributed by atoms with E-state index in [4.69, 9.17) is 0 Å². The molecule has 0 heterocycles. The average Bonchev–Trinajstić information content (AvgIpc) is 2.82. The van der Waals surface area contributed by atoms with Crippen LogP contribution in [0.5, 0.6) is 0 Å². The van der Waals surface area contributed by atoms with Crippen molar-refractivity contribution >= 4 is 5.91 Å². The lowest BCUT2D eigenvalue weighted by atomic mass is 10.00. The topological polar surface area (TPSA) is 64.9 Å². The quantitative estimate of drug-likeness (QED) is 0.494. The molecule has 3 aromatic carbocycles. The summed E-state index contributed by atoms with van der Waals surface area (Å²) in [7, 11) is 0. The molecule has 0 radical (unpaired) electrons. The van der Waals surface area contributed by atoms with E-state index in [2.05, 4.69) is 10.6 Å². The molecule has 0 aromatic heterocycles. The third-order valence-corrected chi connectivity index (χ3v) is 5.18. The highest BCUT2D eigenvalue weighted by atomic mass is 19.4. The number of rotatable bonds is 9. The molecule has 7 heteroatoms. The summed E-state index contributed by atoms with van der Waals surface area (Å²) in [6, 6.07) is 23.3.